The molecule has 0 saturated carbocycles. The van der Waals surface area contributed by atoms with Crippen molar-refractivity contribution in [2.75, 3.05) is 12.4 Å². The van der Waals surface area contributed by atoms with Gasteiger partial charge in [0.05, 0.1) is 46.8 Å². The Hall–Kier alpha value is -3.76. The highest BCUT2D eigenvalue weighted by Gasteiger charge is 2.36. The minimum Gasteiger partial charge on any atom is -0.465 e. The number of anilines is 1. The van der Waals surface area contributed by atoms with Gasteiger partial charge in [-0.25, -0.2) is 9.18 Å². The van der Waals surface area contributed by atoms with Gasteiger partial charge in [0.1, 0.15) is 5.82 Å². The predicted octanol–water partition coefficient (Wildman–Crippen LogP) is 6.47. The number of hydrogen-bond acceptors (Lipinski definition) is 5. The van der Waals surface area contributed by atoms with Crippen LogP contribution in [0, 0.1) is 11.2 Å². The van der Waals surface area contributed by atoms with Gasteiger partial charge in [-0.05, 0) is 42.0 Å². The summed E-state index contributed by atoms with van der Waals surface area (Å²) in [5.41, 5.74) is -2.81. The summed E-state index contributed by atoms with van der Waals surface area (Å²) >= 11 is 5.90. The number of carbonyl (C=O) groups is 2. The van der Waals surface area contributed by atoms with E-state index in [1.165, 1.54) is 24.3 Å². The highest BCUT2D eigenvalue weighted by atomic mass is 35.5. The molecule has 0 fully saturated rings. The van der Waals surface area contributed by atoms with Gasteiger partial charge >= 0.3 is 12.1 Å². The fourth-order valence-electron chi connectivity index (χ4n) is 3.29. The topological polar surface area (TPSA) is 99.5 Å². The number of benzene rings is 3. The standard InChI is InChI=1S/C24H17ClF4N2O4.C2H6/c1-35-23(34)13-6-8-14(18(26)10-13)21(30)15-7-5-12(11-32)9-19(15)31-22(33)20-16(24(27,28)29)3-2-4-17(20)25;1-2/h2-10,30,32H,11H2,1H3,(H,31,33);1-2H3. The third kappa shape index (κ3) is 6.72. The molecule has 3 aromatic rings. The van der Waals surface area contributed by atoms with Gasteiger partial charge in [0.2, 0.25) is 0 Å². The van der Waals surface area contributed by atoms with E-state index in [2.05, 4.69) is 10.1 Å². The third-order valence-electron chi connectivity index (χ3n) is 4.99. The van der Waals surface area contributed by atoms with Crippen LogP contribution in [0.1, 0.15) is 56.8 Å². The second kappa shape index (κ2) is 12.5. The average molecular weight is 539 g/mol. The van der Waals surface area contributed by atoms with Crippen molar-refractivity contribution in [3.63, 3.8) is 0 Å². The Morgan fingerprint density at radius 2 is 1.70 bits per heavy atom. The molecule has 0 aliphatic rings. The Labute approximate surface area is 215 Å². The fraction of sp³-hybridized carbons (Fsp3) is 0.192. The number of aliphatic hydroxyl groups excluding tert-OH is 1. The first-order chi connectivity index (χ1) is 17.5. The van der Waals surface area contributed by atoms with Crippen molar-refractivity contribution in [1.82, 2.24) is 0 Å². The zero-order chi connectivity index (χ0) is 27.9. The van der Waals surface area contributed by atoms with Crippen LogP contribution in [-0.2, 0) is 17.5 Å². The van der Waals surface area contributed by atoms with E-state index < -0.39 is 52.3 Å². The number of methoxy groups -OCH3 is 1. The fourth-order valence-corrected chi connectivity index (χ4v) is 3.56. The van der Waals surface area contributed by atoms with Crippen LogP contribution in [0.2, 0.25) is 5.02 Å². The van der Waals surface area contributed by atoms with E-state index in [1.807, 2.05) is 13.8 Å². The first kappa shape index (κ1) is 29.5. The Bertz CT molecular complexity index is 1330. The van der Waals surface area contributed by atoms with Crippen molar-refractivity contribution in [3.8, 4) is 0 Å². The van der Waals surface area contributed by atoms with Crippen LogP contribution >= 0.6 is 11.6 Å². The molecular formula is C26H23ClF4N2O4. The molecule has 0 bridgehead atoms. The van der Waals surface area contributed by atoms with E-state index in [0.29, 0.717) is 6.07 Å². The Morgan fingerprint density at radius 1 is 1.05 bits per heavy atom. The average Bonchev–Trinajstić information content (AvgIpc) is 2.88. The number of hydrogen-bond donors (Lipinski definition) is 3. The first-order valence-corrected chi connectivity index (χ1v) is 11.2. The summed E-state index contributed by atoms with van der Waals surface area (Å²) in [7, 11) is 1.12. The Balaban J connectivity index is 0.00000235. The van der Waals surface area contributed by atoms with Gasteiger partial charge in [-0.1, -0.05) is 43.6 Å². The molecular weight excluding hydrogens is 516 g/mol. The zero-order valence-corrected chi connectivity index (χ0v) is 20.7. The molecule has 0 spiro atoms. The number of amides is 1. The van der Waals surface area contributed by atoms with Crippen LogP contribution in [0.3, 0.4) is 0 Å². The molecule has 196 valence electrons. The van der Waals surface area contributed by atoms with Gasteiger partial charge in [-0.3, -0.25) is 10.2 Å². The minimum absolute atomic E-state index is 0.0547. The highest BCUT2D eigenvalue weighted by molar-refractivity contribution is 6.34. The number of rotatable bonds is 6. The molecule has 0 unspecified atom stereocenters. The van der Waals surface area contributed by atoms with Crippen molar-refractivity contribution in [1.29, 1.82) is 5.41 Å². The molecule has 3 aromatic carbocycles. The Morgan fingerprint density at radius 3 is 2.27 bits per heavy atom. The van der Waals surface area contributed by atoms with Crippen molar-refractivity contribution in [2.45, 2.75) is 26.6 Å². The van der Waals surface area contributed by atoms with Crippen LogP contribution < -0.4 is 5.32 Å². The van der Waals surface area contributed by atoms with E-state index in [4.69, 9.17) is 17.0 Å². The molecule has 3 rings (SSSR count). The summed E-state index contributed by atoms with van der Waals surface area (Å²) in [6, 6.07) is 10.1. The number of aliphatic hydroxyl groups is 1. The first-order valence-electron chi connectivity index (χ1n) is 10.9. The number of alkyl halides is 3. The molecule has 0 radical (unpaired) electrons. The second-order valence-electron chi connectivity index (χ2n) is 7.21. The summed E-state index contributed by atoms with van der Waals surface area (Å²) < 4.78 is 59.6. The maximum atomic E-state index is 14.7. The summed E-state index contributed by atoms with van der Waals surface area (Å²) in [6.07, 6.45) is -4.87. The molecule has 0 aliphatic heterocycles. The molecule has 0 atom stereocenters. The number of carbonyl (C=O) groups excluding carboxylic acids is 2. The lowest BCUT2D eigenvalue weighted by Crippen LogP contribution is -2.21. The van der Waals surface area contributed by atoms with Gasteiger partial charge < -0.3 is 15.2 Å². The van der Waals surface area contributed by atoms with Crippen molar-refractivity contribution >= 4 is 34.9 Å². The molecule has 0 saturated heterocycles. The monoisotopic (exact) mass is 538 g/mol. The lowest BCUT2D eigenvalue weighted by Gasteiger charge is -2.17. The predicted molar refractivity (Wildman–Crippen MR) is 132 cm³/mol. The summed E-state index contributed by atoms with van der Waals surface area (Å²) in [6.45, 7) is 3.53. The van der Waals surface area contributed by atoms with Gasteiger partial charge in [-0.2, -0.15) is 13.2 Å². The molecule has 37 heavy (non-hydrogen) atoms. The normalized spacial score (nSPS) is 10.7. The van der Waals surface area contributed by atoms with Crippen molar-refractivity contribution < 1.29 is 37.0 Å². The SMILES string of the molecule is CC.COC(=O)c1ccc(C(=N)c2ccc(CO)cc2NC(=O)c2c(Cl)cccc2C(F)(F)F)c(F)c1. The summed E-state index contributed by atoms with van der Waals surface area (Å²) in [5, 5.41) is 19.8. The smallest absolute Gasteiger partial charge is 0.417 e. The summed E-state index contributed by atoms with van der Waals surface area (Å²) in [5.74, 6) is -2.94. The summed E-state index contributed by atoms with van der Waals surface area (Å²) in [4.78, 5) is 24.5. The molecule has 6 nitrogen and oxygen atoms in total. The van der Waals surface area contributed by atoms with Crippen LogP contribution in [0.25, 0.3) is 0 Å². The second-order valence-corrected chi connectivity index (χ2v) is 7.62. The number of halogens is 5. The van der Waals surface area contributed by atoms with Gasteiger partial charge in [0.15, 0.2) is 0 Å². The maximum Gasteiger partial charge on any atom is 0.417 e. The molecule has 1 amide bonds. The number of nitrogens with one attached hydrogen (secondary N) is 2. The van der Waals surface area contributed by atoms with E-state index in [0.717, 1.165) is 31.4 Å². The van der Waals surface area contributed by atoms with Gasteiger partial charge in [-0.15, -0.1) is 0 Å². The minimum atomic E-state index is -4.87. The van der Waals surface area contributed by atoms with Gasteiger partial charge in [0, 0.05) is 11.1 Å². The van der Waals surface area contributed by atoms with Crippen LogP contribution in [0.5, 0.6) is 0 Å². The lowest BCUT2D eigenvalue weighted by atomic mass is 9.97. The largest absolute Gasteiger partial charge is 0.465 e. The van der Waals surface area contributed by atoms with E-state index in [1.54, 1.807) is 0 Å². The van der Waals surface area contributed by atoms with Crippen LogP contribution in [0.4, 0.5) is 23.2 Å². The third-order valence-corrected chi connectivity index (χ3v) is 5.30. The zero-order valence-electron chi connectivity index (χ0n) is 20.0. The maximum absolute atomic E-state index is 14.7. The molecule has 0 aliphatic carbocycles. The molecule has 0 aromatic heterocycles. The van der Waals surface area contributed by atoms with Crippen molar-refractivity contribution in [3.05, 3.63) is 98.8 Å². The number of esters is 1. The van der Waals surface area contributed by atoms with Crippen LogP contribution in [0.15, 0.2) is 54.6 Å². The highest BCUT2D eigenvalue weighted by Crippen LogP contribution is 2.35. The Kier molecular flexibility index (Phi) is 9.93. The van der Waals surface area contributed by atoms with Gasteiger partial charge in [0.25, 0.3) is 5.91 Å². The van der Waals surface area contributed by atoms with E-state index in [-0.39, 0.29) is 27.9 Å². The van der Waals surface area contributed by atoms with Crippen molar-refractivity contribution in [2.24, 2.45) is 0 Å². The lowest BCUT2D eigenvalue weighted by molar-refractivity contribution is -0.137. The molecule has 0 heterocycles. The molecule has 3 N–H and O–H groups in total. The van der Waals surface area contributed by atoms with E-state index >= 15 is 0 Å². The quantitative estimate of drug-likeness (QED) is 0.190. The van der Waals surface area contributed by atoms with Crippen LogP contribution in [-0.4, -0.2) is 29.8 Å². The number of ether oxygens (including phenoxy) is 1. The van der Waals surface area contributed by atoms with E-state index in [9.17, 15) is 32.3 Å². The molecule has 11 heteroatoms.